The van der Waals surface area contributed by atoms with E-state index < -0.39 is 0 Å². The summed E-state index contributed by atoms with van der Waals surface area (Å²) in [6.45, 7) is 4.60. The van der Waals surface area contributed by atoms with Gasteiger partial charge in [0.15, 0.2) is 0 Å². The minimum absolute atomic E-state index is 0.0315. The molecule has 0 saturated carbocycles. The van der Waals surface area contributed by atoms with E-state index in [2.05, 4.69) is 5.32 Å². The topological polar surface area (TPSA) is 64.3 Å². The van der Waals surface area contributed by atoms with Crippen LogP contribution in [0.4, 0.5) is 5.69 Å². The Morgan fingerprint density at radius 3 is 2.89 bits per heavy atom. The molecule has 0 fully saturated rings. The highest BCUT2D eigenvalue weighted by atomic mass is 32.2. The van der Waals surface area contributed by atoms with Crippen molar-refractivity contribution in [2.45, 2.75) is 30.4 Å². The number of methoxy groups -OCH3 is 1. The van der Waals surface area contributed by atoms with Crippen molar-refractivity contribution >= 4 is 23.4 Å². The second-order valence-electron chi connectivity index (χ2n) is 3.95. The molecule has 0 aliphatic rings. The Kier molecular flexibility index (Phi) is 5.85. The van der Waals surface area contributed by atoms with Crippen LogP contribution in [-0.4, -0.2) is 24.8 Å². The van der Waals surface area contributed by atoms with E-state index in [4.69, 9.17) is 10.5 Å². The molecule has 0 radical (unpaired) electrons. The summed E-state index contributed by atoms with van der Waals surface area (Å²) in [6.07, 6.45) is 0.935. The fourth-order valence-corrected chi connectivity index (χ4v) is 2.34. The number of nitrogens with one attached hydrogen (secondary N) is 1. The second kappa shape index (κ2) is 7.16. The lowest BCUT2D eigenvalue weighted by Crippen LogP contribution is -2.31. The highest BCUT2D eigenvalue weighted by Crippen LogP contribution is 2.31. The predicted octanol–water partition coefficient (Wildman–Crippen LogP) is 2.28. The molecule has 4 nitrogen and oxygen atoms in total. The molecule has 1 unspecified atom stereocenters. The summed E-state index contributed by atoms with van der Waals surface area (Å²) in [7, 11) is 1.61. The molecule has 1 atom stereocenters. The number of ether oxygens (including phenoxy) is 1. The quantitative estimate of drug-likeness (QED) is 0.613. The van der Waals surface area contributed by atoms with Crippen molar-refractivity contribution in [1.29, 1.82) is 0 Å². The molecular formula is C13H20N2O2S. The maximum absolute atomic E-state index is 11.8. The molecular weight excluding hydrogens is 248 g/mol. The van der Waals surface area contributed by atoms with Crippen molar-refractivity contribution in [3.05, 3.63) is 18.2 Å². The fourth-order valence-electron chi connectivity index (χ4n) is 1.38. The third-order valence-electron chi connectivity index (χ3n) is 2.44. The number of hydrogen-bond donors (Lipinski definition) is 2. The van der Waals surface area contributed by atoms with Crippen LogP contribution in [0, 0.1) is 0 Å². The van der Waals surface area contributed by atoms with Gasteiger partial charge in [-0.2, -0.15) is 0 Å². The SMILES string of the molecule is CCCNC(=O)C(C)Sc1cc(OC)ccc1N. The molecule has 1 aromatic rings. The average Bonchev–Trinajstić information content (AvgIpc) is 2.38. The zero-order valence-corrected chi connectivity index (χ0v) is 11.8. The first-order valence-corrected chi connectivity index (χ1v) is 6.84. The van der Waals surface area contributed by atoms with Crippen molar-refractivity contribution < 1.29 is 9.53 Å². The minimum Gasteiger partial charge on any atom is -0.497 e. The summed E-state index contributed by atoms with van der Waals surface area (Å²) in [5.41, 5.74) is 6.55. The molecule has 100 valence electrons. The average molecular weight is 268 g/mol. The van der Waals surface area contributed by atoms with E-state index in [0.717, 1.165) is 17.1 Å². The maximum Gasteiger partial charge on any atom is 0.233 e. The fraction of sp³-hybridized carbons (Fsp3) is 0.462. The Bertz CT molecular complexity index is 410. The first-order valence-electron chi connectivity index (χ1n) is 5.96. The van der Waals surface area contributed by atoms with Gasteiger partial charge in [0.25, 0.3) is 0 Å². The first kappa shape index (κ1) is 14.7. The summed E-state index contributed by atoms with van der Waals surface area (Å²) in [5.74, 6) is 0.775. The molecule has 1 rings (SSSR count). The standard InChI is InChI=1S/C13H20N2O2S/c1-4-7-15-13(16)9(2)18-12-8-10(17-3)5-6-11(12)14/h5-6,8-9H,4,7,14H2,1-3H3,(H,15,16). The van der Waals surface area contributed by atoms with Gasteiger partial charge in [0.05, 0.1) is 12.4 Å². The van der Waals surface area contributed by atoms with Crippen molar-refractivity contribution in [3.8, 4) is 5.75 Å². The number of amides is 1. The molecule has 1 aromatic carbocycles. The van der Waals surface area contributed by atoms with E-state index in [1.807, 2.05) is 19.9 Å². The molecule has 0 heterocycles. The molecule has 0 spiro atoms. The summed E-state index contributed by atoms with van der Waals surface area (Å²) in [6, 6.07) is 5.45. The van der Waals surface area contributed by atoms with Crippen molar-refractivity contribution in [2.75, 3.05) is 19.4 Å². The van der Waals surface area contributed by atoms with Crippen LogP contribution in [0.25, 0.3) is 0 Å². The predicted molar refractivity (Wildman–Crippen MR) is 76.0 cm³/mol. The molecule has 0 aromatic heterocycles. The first-order chi connectivity index (χ1) is 8.58. The summed E-state index contributed by atoms with van der Waals surface area (Å²) in [5, 5.41) is 2.69. The Morgan fingerprint density at radius 2 is 2.28 bits per heavy atom. The van der Waals surface area contributed by atoms with Crippen LogP contribution in [-0.2, 0) is 4.79 Å². The third kappa shape index (κ3) is 4.14. The zero-order chi connectivity index (χ0) is 13.5. The van der Waals surface area contributed by atoms with Gasteiger partial charge in [0, 0.05) is 17.1 Å². The van der Waals surface area contributed by atoms with Crippen molar-refractivity contribution in [1.82, 2.24) is 5.32 Å². The lowest BCUT2D eigenvalue weighted by Gasteiger charge is -2.13. The highest BCUT2D eigenvalue weighted by molar-refractivity contribution is 8.00. The van der Waals surface area contributed by atoms with E-state index in [9.17, 15) is 4.79 Å². The molecule has 0 aliphatic heterocycles. The third-order valence-corrected chi connectivity index (χ3v) is 3.62. The monoisotopic (exact) mass is 268 g/mol. The lowest BCUT2D eigenvalue weighted by atomic mass is 10.3. The highest BCUT2D eigenvalue weighted by Gasteiger charge is 2.15. The normalized spacial score (nSPS) is 11.9. The molecule has 5 heteroatoms. The van der Waals surface area contributed by atoms with Crippen LogP contribution >= 0.6 is 11.8 Å². The number of anilines is 1. The van der Waals surface area contributed by atoms with Crippen LogP contribution in [0.1, 0.15) is 20.3 Å². The van der Waals surface area contributed by atoms with Crippen LogP contribution in [0.2, 0.25) is 0 Å². The summed E-state index contributed by atoms with van der Waals surface area (Å²) < 4.78 is 5.15. The number of rotatable bonds is 6. The molecule has 18 heavy (non-hydrogen) atoms. The molecule has 0 bridgehead atoms. The van der Waals surface area contributed by atoms with Crippen LogP contribution in [0.5, 0.6) is 5.75 Å². The maximum atomic E-state index is 11.8. The lowest BCUT2D eigenvalue weighted by molar-refractivity contribution is -0.120. The van der Waals surface area contributed by atoms with Gasteiger partial charge in [-0.05, 0) is 31.5 Å². The Hall–Kier alpha value is -1.36. The Balaban J connectivity index is 2.68. The van der Waals surface area contributed by atoms with Crippen LogP contribution in [0.3, 0.4) is 0 Å². The van der Waals surface area contributed by atoms with Crippen LogP contribution in [0.15, 0.2) is 23.1 Å². The molecule has 3 N–H and O–H groups in total. The second-order valence-corrected chi connectivity index (χ2v) is 5.34. The van der Waals surface area contributed by atoms with Gasteiger partial charge in [0.2, 0.25) is 5.91 Å². The van der Waals surface area contributed by atoms with Crippen molar-refractivity contribution in [3.63, 3.8) is 0 Å². The number of hydrogen-bond acceptors (Lipinski definition) is 4. The number of carbonyl (C=O) groups is 1. The van der Waals surface area contributed by atoms with E-state index in [1.54, 1.807) is 19.2 Å². The Labute approximate surface area is 112 Å². The number of carbonyl (C=O) groups excluding carboxylic acids is 1. The number of benzene rings is 1. The van der Waals surface area contributed by atoms with Gasteiger partial charge in [0.1, 0.15) is 5.75 Å². The van der Waals surface area contributed by atoms with Crippen molar-refractivity contribution in [2.24, 2.45) is 0 Å². The number of nitrogen functional groups attached to an aromatic ring is 1. The molecule has 1 amide bonds. The van der Waals surface area contributed by atoms with E-state index >= 15 is 0 Å². The molecule has 0 aliphatic carbocycles. The summed E-state index contributed by atoms with van der Waals surface area (Å²) >= 11 is 1.44. The largest absolute Gasteiger partial charge is 0.497 e. The number of nitrogens with two attached hydrogens (primary N) is 1. The van der Waals surface area contributed by atoms with Gasteiger partial charge in [-0.3, -0.25) is 4.79 Å². The zero-order valence-electron chi connectivity index (χ0n) is 11.0. The van der Waals surface area contributed by atoms with Gasteiger partial charge in [-0.25, -0.2) is 0 Å². The number of thioether (sulfide) groups is 1. The van der Waals surface area contributed by atoms with Gasteiger partial charge in [-0.15, -0.1) is 11.8 Å². The van der Waals surface area contributed by atoms with E-state index in [-0.39, 0.29) is 11.2 Å². The van der Waals surface area contributed by atoms with Gasteiger partial charge < -0.3 is 15.8 Å². The van der Waals surface area contributed by atoms with E-state index in [1.165, 1.54) is 11.8 Å². The minimum atomic E-state index is -0.175. The smallest absolute Gasteiger partial charge is 0.233 e. The Morgan fingerprint density at radius 1 is 1.56 bits per heavy atom. The molecule has 0 saturated heterocycles. The van der Waals surface area contributed by atoms with Gasteiger partial charge in [-0.1, -0.05) is 6.92 Å². The van der Waals surface area contributed by atoms with Crippen LogP contribution < -0.4 is 15.8 Å². The van der Waals surface area contributed by atoms with E-state index in [0.29, 0.717) is 12.2 Å². The summed E-state index contributed by atoms with van der Waals surface area (Å²) in [4.78, 5) is 12.6. The van der Waals surface area contributed by atoms with Gasteiger partial charge >= 0.3 is 0 Å².